The van der Waals surface area contributed by atoms with Crippen LogP contribution in [0.1, 0.15) is 0 Å². The minimum Gasteiger partial charge on any atom is -0.320 e. The highest BCUT2D eigenvalue weighted by Crippen LogP contribution is 2.24. The number of sulfonamides is 1. The monoisotopic (exact) mass is 373 g/mol. The van der Waals surface area contributed by atoms with Crippen molar-refractivity contribution < 1.29 is 8.42 Å². The lowest BCUT2D eigenvalue weighted by Crippen LogP contribution is -2.22. The quantitative estimate of drug-likeness (QED) is 0.705. The lowest BCUT2D eigenvalue weighted by molar-refractivity contribution is 0.521. The van der Waals surface area contributed by atoms with Crippen molar-refractivity contribution in [3.8, 4) is 11.3 Å². The summed E-state index contributed by atoms with van der Waals surface area (Å²) in [4.78, 5) is 5.77. The SMILES string of the molecule is CN(C)S(=O)(=O)c1cccc(-c2csc(=Nc3ccccc3)n2C)c1. The molecule has 0 saturated heterocycles. The molecule has 0 fully saturated rings. The van der Waals surface area contributed by atoms with E-state index in [1.807, 2.05) is 53.4 Å². The summed E-state index contributed by atoms with van der Waals surface area (Å²) in [6, 6.07) is 16.7. The fourth-order valence-corrected chi connectivity index (χ4v) is 4.25. The predicted octanol–water partition coefficient (Wildman–Crippen LogP) is 3.24. The maximum atomic E-state index is 12.4. The molecule has 0 N–H and O–H groups in total. The summed E-state index contributed by atoms with van der Waals surface area (Å²) in [5, 5.41) is 1.99. The van der Waals surface area contributed by atoms with Crippen LogP contribution in [-0.4, -0.2) is 31.4 Å². The van der Waals surface area contributed by atoms with Gasteiger partial charge in [0.2, 0.25) is 10.0 Å². The number of thiazole rings is 1. The van der Waals surface area contributed by atoms with Crippen LogP contribution in [0.2, 0.25) is 0 Å². The smallest absolute Gasteiger partial charge is 0.242 e. The van der Waals surface area contributed by atoms with Crippen LogP contribution in [0.4, 0.5) is 5.69 Å². The van der Waals surface area contributed by atoms with E-state index in [0.717, 1.165) is 21.7 Å². The van der Waals surface area contributed by atoms with Crippen molar-refractivity contribution in [3.05, 3.63) is 64.8 Å². The lowest BCUT2D eigenvalue weighted by atomic mass is 10.2. The highest BCUT2D eigenvalue weighted by atomic mass is 32.2. The third-order valence-electron chi connectivity index (χ3n) is 3.81. The largest absolute Gasteiger partial charge is 0.320 e. The van der Waals surface area contributed by atoms with Crippen molar-refractivity contribution in [2.24, 2.45) is 12.0 Å². The molecule has 3 rings (SSSR count). The maximum absolute atomic E-state index is 12.4. The average Bonchev–Trinajstić information content (AvgIpc) is 2.96. The number of rotatable bonds is 4. The molecule has 0 amide bonds. The van der Waals surface area contributed by atoms with Crippen LogP contribution in [0.5, 0.6) is 0 Å². The van der Waals surface area contributed by atoms with E-state index in [0.29, 0.717) is 0 Å². The van der Waals surface area contributed by atoms with E-state index in [1.165, 1.54) is 29.7 Å². The van der Waals surface area contributed by atoms with Gasteiger partial charge < -0.3 is 4.57 Å². The van der Waals surface area contributed by atoms with E-state index in [-0.39, 0.29) is 4.90 Å². The van der Waals surface area contributed by atoms with Crippen LogP contribution in [0.3, 0.4) is 0 Å². The molecular formula is C18H19N3O2S2. The van der Waals surface area contributed by atoms with Gasteiger partial charge in [-0.2, -0.15) is 0 Å². The van der Waals surface area contributed by atoms with Crippen molar-refractivity contribution in [1.82, 2.24) is 8.87 Å². The summed E-state index contributed by atoms with van der Waals surface area (Å²) < 4.78 is 27.9. The Kier molecular flexibility index (Phi) is 4.89. The van der Waals surface area contributed by atoms with E-state index >= 15 is 0 Å². The van der Waals surface area contributed by atoms with E-state index < -0.39 is 10.0 Å². The first-order valence-corrected chi connectivity index (χ1v) is 9.99. The molecule has 0 unspecified atom stereocenters. The zero-order valence-electron chi connectivity index (χ0n) is 14.2. The van der Waals surface area contributed by atoms with Crippen LogP contribution in [0.15, 0.2) is 69.9 Å². The van der Waals surface area contributed by atoms with Gasteiger partial charge in [-0.25, -0.2) is 17.7 Å². The minimum atomic E-state index is -3.46. The van der Waals surface area contributed by atoms with Gasteiger partial charge in [-0.1, -0.05) is 30.3 Å². The van der Waals surface area contributed by atoms with Gasteiger partial charge in [-0.15, -0.1) is 11.3 Å². The molecule has 0 bridgehead atoms. The number of hydrogen-bond donors (Lipinski definition) is 0. The summed E-state index contributed by atoms with van der Waals surface area (Å²) in [5.41, 5.74) is 2.65. The molecule has 0 radical (unpaired) electrons. The lowest BCUT2D eigenvalue weighted by Gasteiger charge is -2.12. The molecule has 0 aliphatic rings. The van der Waals surface area contributed by atoms with Crippen molar-refractivity contribution in [1.29, 1.82) is 0 Å². The van der Waals surface area contributed by atoms with Gasteiger partial charge in [0.1, 0.15) is 0 Å². The number of nitrogens with zero attached hydrogens (tertiary/aromatic N) is 3. The number of hydrogen-bond acceptors (Lipinski definition) is 4. The second-order valence-corrected chi connectivity index (χ2v) is 8.71. The van der Waals surface area contributed by atoms with Crippen molar-refractivity contribution in [2.75, 3.05) is 14.1 Å². The molecule has 25 heavy (non-hydrogen) atoms. The Balaban J connectivity index is 2.06. The first-order valence-electron chi connectivity index (χ1n) is 7.67. The molecule has 3 aromatic rings. The maximum Gasteiger partial charge on any atom is 0.242 e. The van der Waals surface area contributed by atoms with Crippen LogP contribution in [-0.2, 0) is 17.1 Å². The molecule has 0 saturated carbocycles. The topological polar surface area (TPSA) is 54.7 Å². The molecule has 7 heteroatoms. The summed E-state index contributed by atoms with van der Waals surface area (Å²) >= 11 is 1.52. The standard InChI is InChI=1S/C18H19N3O2S2/c1-20(2)25(22,23)16-11-7-8-14(12-16)17-13-24-18(21(17)3)19-15-9-5-4-6-10-15/h4-13H,1-3H3. The second-order valence-electron chi connectivity index (χ2n) is 5.73. The molecule has 5 nitrogen and oxygen atoms in total. The van der Waals surface area contributed by atoms with E-state index in [9.17, 15) is 8.42 Å². The Morgan fingerprint density at radius 3 is 2.44 bits per heavy atom. The van der Waals surface area contributed by atoms with Crippen LogP contribution in [0, 0.1) is 0 Å². The third-order valence-corrected chi connectivity index (χ3v) is 6.54. The Morgan fingerprint density at radius 2 is 1.76 bits per heavy atom. The Morgan fingerprint density at radius 1 is 1.04 bits per heavy atom. The average molecular weight is 374 g/mol. The van der Waals surface area contributed by atoms with E-state index in [2.05, 4.69) is 4.99 Å². The third kappa shape index (κ3) is 3.58. The van der Waals surface area contributed by atoms with Gasteiger partial charge in [-0.05, 0) is 24.3 Å². The molecule has 0 aliphatic heterocycles. The van der Waals surface area contributed by atoms with Crippen LogP contribution < -0.4 is 4.80 Å². The molecule has 0 aliphatic carbocycles. The van der Waals surface area contributed by atoms with Gasteiger partial charge in [-0.3, -0.25) is 0 Å². The second kappa shape index (κ2) is 6.95. The van der Waals surface area contributed by atoms with Gasteiger partial charge in [0.25, 0.3) is 0 Å². The molecule has 1 heterocycles. The highest BCUT2D eigenvalue weighted by Gasteiger charge is 2.18. The molecule has 130 valence electrons. The van der Waals surface area contributed by atoms with Crippen LogP contribution >= 0.6 is 11.3 Å². The summed E-state index contributed by atoms with van der Waals surface area (Å²) in [6.45, 7) is 0. The normalized spacial score (nSPS) is 12.7. The number of aromatic nitrogens is 1. The van der Waals surface area contributed by atoms with Crippen molar-refractivity contribution in [3.63, 3.8) is 0 Å². The van der Waals surface area contributed by atoms with Gasteiger partial charge in [0, 0.05) is 32.1 Å². The van der Waals surface area contributed by atoms with Crippen molar-refractivity contribution in [2.45, 2.75) is 4.90 Å². The number of benzene rings is 2. The summed E-state index contributed by atoms with van der Waals surface area (Å²) in [5.74, 6) is 0. The zero-order valence-corrected chi connectivity index (χ0v) is 15.9. The molecule has 2 aromatic carbocycles. The van der Waals surface area contributed by atoms with Gasteiger partial charge >= 0.3 is 0 Å². The Bertz CT molecular complexity index is 1050. The van der Waals surface area contributed by atoms with Crippen molar-refractivity contribution >= 4 is 27.0 Å². The summed E-state index contributed by atoms with van der Waals surface area (Å²) in [7, 11) is 1.54. The molecule has 1 aromatic heterocycles. The Labute approximate surface area is 151 Å². The predicted molar refractivity (Wildman–Crippen MR) is 101 cm³/mol. The summed E-state index contributed by atoms with van der Waals surface area (Å²) in [6.07, 6.45) is 0. The minimum absolute atomic E-state index is 0.280. The van der Waals surface area contributed by atoms with Gasteiger partial charge in [0.05, 0.1) is 16.3 Å². The molecule has 0 spiro atoms. The Hall–Kier alpha value is -2.22. The van der Waals surface area contributed by atoms with Gasteiger partial charge in [0.15, 0.2) is 4.80 Å². The van der Waals surface area contributed by atoms with E-state index in [1.54, 1.807) is 18.2 Å². The first kappa shape index (κ1) is 17.6. The first-order chi connectivity index (χ1) is 11.9. The fourth-order valence-electron chi connectivity index (χ4n) is 2.37. The zero-order chi connectivity index (χ0) is 18.0. The molecule has 0 atom stereocenters. The molecular weight excluding hydrogens is 354 g/mol. The highest BCUT2D eigenvalue weighted by molar-refractivity contribution is 7.89. The number of para-hydroxylation sites is 1. The van der Waals surface area contributed by atoms with Crippen LogP contribution in [0.25, 0.3) is 11.3 Å². The van der Waals surface area contributed by atoms with E-state index in [4.69, 9.17) is 0 Å². The fraction of sp³-hybridized carbons (Fsp3) is 0.167.